The van der Waals surface area contributed by atoms with Crippen molar-refractivity contribution < 1.29 is 28.2 Å². The second-order valence-corrected chi connectivity index (χ2v) is 5.42. The number of carboxylic acids is 1. The molecular formula is C14H17F2NO4. The van der Waals surface area contributed by atoms with Crippen molar-refractivity contribution in [1.82, 2.24) is 5.32 Å². The van der Waals surface area contributed by atoms with E-state index in [9.17, 15) is 18.4 Å². The summed E-state index contributed by atoms with van der Waals surface area (Å²) in [6.45, 7) is 5.24. The van der Waals surface area contributed by atoms with Crippen LogP contribution >= 0.6 is 0 Å². The van der Waals surface area contributed by atoms with E-state index in [0.29, 0.717) is 0 Å². The molecule has 1 aromatic rings. The van der Waals surface area contributed by atoms with Crippen molar-refractivity contribution in [2.24, 2.45) is 0 Å². The molecule has 0 heterocycles. The molecule has 1 aromatic carbocycles. The lowest BCUT2D eigenvalue weighted by atomic mass is 10.1. The Morgan fingerprint density at radius 3 is 2.19 bits per heavy atom. The summed E-state index contributed by atoms with van der Waals surface area (Å²) in [5.41, 5.74) is -1.38. The molecule has 1 rings (SSSR count). The van der Waals surface area contributed by atoms with Crippen molar-refractivity contribution in [1.29, 1.82) is 0 Å². The van der Waals surface area contributed by atoms with Crippen LogP contribution in [0, 0.1) is 11.6 Å². The van der Waals surface area contributed by atoms with Gasteiger partial charge in [0.2, 0.25) is 0 Å². The number of carboxylic acid groups (broad SMARTS) is 1. The first kappa shape index (κ1) is 16.9. The lowest BCUT2D eigenvalue weighted by Gasteiger charge is -2.19. The van der Waals surface area contributed by atoms with Crippen molar-refractivity contribution in [3.05, 3.63) is 34.9 Å². The topological polar surface area (TPSA) is 75.6 Å². The normalized spacial score (nSPS) is 11.1. The third-order valence-electron chi connectivity index (χ3n) is 2.40. The fraction of sp³-hybridized carbons (Fsp3) is 0.429. The Morgan fingerprint density at radius 2 is 1.76 bits per heavy atom. The Balaban J connectivity index is 2.61. The van der Waals surface area contributed by atoms with E-state index in [-0.39, 0.29) is 18.5 Å². The quantitative estimate of drug-likeness (QED) is 0.896. The van der Waals surface area contributed by atoms with Gasteiger partial charge in [-0.05, 0) is 44.9 Å². The van der Waals surface area contributed by atoms with Gasteiger partial charge in [0, 0.05) is 6.54 Å². The third kappa shape index (κ3) is 5.37. The Kier molecular flexibility index (Phi) is 5.23. The molecule has 0 atom stereocenters. The highest BCUT2D eigenvalue weighted by Crippen LogP contribution is 2.16. The Hall–Kier alpha value is -2.18. The molecule has 0 unspecified atom stereocenters. The third-order valence-corrected chi connectivity index (χ3v) is 2.40. The first-order valence-electron chi connectivity index (χ1n) is 6.28. The maximum atomic E-state index is 13.4. The van der Waals surface area contributed by atoms with Crippen LogP contribution in [-0.4, -0.2) is 29.3 Å². The zero-order valence-corrected chi connectivity index (χ0v) is 12.0. The van der Waals surface area contributed by atoms with Gasteiger partial charge in [-0.15, -0.1) is 0 Å². The van der Waals surface area contributed by atoms with Crippen molar-refractivity contribution in [3.8, 4) is 0 Å². The minimum atomic E-state index is -1.66. The smallest absolute Gasteiger partial charge is 0.407 e. The number of rotatable bonds is 4. The van der Waals surface area contributed by atoms with Gasteiger partial charge < -0.3 is 15.2 Å². The van der Waals surface area contributed by atoms with Gasteiger partial charge in [0.25, 0.3) is 0 Å². The number of alkyl carbamates (subject to hydrolysis) is 1. The number of amides is 1. The lowest BCUT2D eigenvalue weighted by molar-refractivity contribution is 0.0528. The van der Waals surface area contributed by atoms with Gasteiger partial charge >= 0.3 is 12.1 Å². The SMILES string of the molecule is CC(C)(C)OC(=O)NCCc1cc(F)c(C(=O)O)c(F)c1. The van der Waals surface area contributed by atoms with Crippen LogP contribution in [0.5, 0.6) is 0 Å². The molecule has 0 radical (unpaired) electrons. The molecule has 0 spiro atoms. The Labute approximate surface area is 120 Å². The molecule has 7 heteroatoms. The number of hydrogen-bond donors (Lipinski definition) is 2. The molecule has 1 amide bonds. The second-order valence-electron chi connectivity index (χ2n) is 5.42. The molecule has 116 valence electrons. The predicted molar refractivity (Wildman–Crippen MR) is 71.3 cm³/mol. The van der Waals surface area contributed by atoms with Gasteiger partial charge in [0.1, 0.15) is 22.8 Å². The van der Waals surface area contributed by atoms with Crippen LogP contribution in [0.1, 0.15) is 36.7 Å². The van der Waals surface area contributed by atoms with Crippen molar-refractivity contribution >= 4 is 12.1 Å². The summed E-state index contributed by atoms with van der Waals surface area (Å²) in [6, 6.07) is 1.87. The Morgan fingerprint density at radius 1 is 1.24 bits per heavy atom. The molecule has 0 bridgehead atoms. The lowest BCUT2D eigenvalue weighted by Crippen LogP contribution is -2.33. The molecule has 0 aliphatic carbocycles. The fourth-order valence-corrected chi connectivity index (χ4v) is 1.60. The van der Waals surface area contributed by atoms with Gasteiger partial charge in [0.15, 0.2) is 0 Å². The number of nitrogens with one attached hydrogen (secondary N) is 1. The second kappa shape index (κ2) is 6.51. The number of hydrogen-bond acceptors (Lipinski definition) is 3. The largest absolute Gasteiger partial charge is 0.477 e. The van der Waals surface area contributed by atoms with Crippen LogP contribution in [0.25, 0.3) is 0 Å². The highest BCUT2D eigenvalue weighted by molar-refractivity contribution is 5.88. The summed E-state index contributed by atoms with van der Waals surface area (Å²) < 4.78 is 31.9. The molecular weight excluding hydrogens is 284 g/mol. The van der Waals surface area contributed by atoms with Crippen LogP contribution < -0.4 is 5.32 Å². The van der Waals surface area contributed by atoms with Gasteiger partial charge in [-0.2, -0.15) is 0 Å². The zero-order valence-electron chi connectivity index (χ0n) is 12.0. The first-order chi connectivity index (χ1) is 9.60. The van der Waals surface area contributed by atoms with Crippen molar-refractivity contribution in [2.45, 2.75) is 32.8 Å². The summed E-state index contributed by atoms with van der Waals surface area (Å²) in [5.74, 6) is -3.95. The van der Waals surface area contributed by atoms with E-state index in [0.717, 1.165) is 12.1 Å². The molecule has 5 nitrogen and oxygen atoms in total. The molecule has 0 saturated heterocycles. The summed E-state index contributed by atoms with van der Waals surface area (Å²) in [6.07, 6.45) is -0.488. The van der Waals surface area contributed by atoms with Crippen molar-refractivity contribution in [2.75, 3.05) is 6.54 Å². The van der Waals surface area contributed by atoms with E-state index < -0.39 is 34.9 Å². The molecule has 0 aliphatic heterocycles. The van der Waals surface area contributed by atoms with E-state index in [1.54, 1.807) is 20.8 Å². The van der Waals surface area contributed by atoms with Crippen LogP contribution in [0.4, 0.5) is 13.6 Å². The van der Waals surface area contributed by atoms with Crippen molar-refractivity contribution in [3.63, 3.8) is 0 Å². The minimum Gasteiger partial charge on any atom is -0.477 e. The van der Waals surface area contributed by atoms with Gasteiger partial charge in [-0.1, -0.05) is 0 Å². The van der Waals surface area contributed by atoms with Crippen LogP contribution in [0.15, 0.2) is 12.1 Å². The Bertz CT molecular complexity index is 529. The molecule has 0 saturated carbocycles. The number of ether oxygens (including phenoxy) is 1. The summed E-state index contributed by atoms with van der Waals surface area (Å²) in [4.78, 5) is 22.0. The predicted octanol–water partition coefficient (Wildman–Crippen LogP) is 2.73. The molecule has 21 heavy (non-hydrogen) atoms. The number of carbonyl (C=O) groups is 2. The highest BCUT2D eigenvalue weighted by Gasteiger charge is 2.18. The molecule has 0 fully saturated rings. The van der Waals surface area contributed by atoms with Crippen LogP contribution in [0.3, 0.4) is 0 Å². The van der Waals surface area contributed by atoms with Crippen LogP contribution in [0.2, 0.25) is 0 Å². The zero-order chi connectivity index (χ0) is 16.2. The standard InChI is InChI=1S/C14H17F2NO4/c1-14(2,3)21-13(20)17-5-4-8-6-9(15)11(12(18)19)10(16)7-8/h6-7H,4-5H2,1-3H3,(H,17,20)(H,18,19). The van der Waals surface area contributed by atoms with E-state index in [1.807, 2.05) is 0 Å². The van der Waals surface area contributed by atoms with E-state index in [1.165, 1.54) is 0 Å². The minimum absolute atomic E-state index is 0.111. The first-order valence-corrected chi connectivity index (χ1v) is 6.28. The fourth-order valence-electron chi connectivity index (χ4n) is 1.60. The highest BCUT2D eigenvalue weighted by atomic mass is 19.1. The summed E-state index contributed by atoms with van der Waals surface area (Å²) in [7, 11) is 0. The van der Waals surface area contributed by atoms with Crippen LogP contribution in [-0.2, 0) is 11.2 Å². The number of benzene rings is 1. The van der Waals surface area contributed by atoms with E-state index >= 15 is 0 Å². The molecule has 0 aromatic heterocycles. The van der Waals surface area contributed by atoms with E-state index in [2.05, 4.69) is 5.32 Å². The molecule has 0 aliphatic rings. The summed E-state index contributed by atoms with van der Waals surface area (Å²) in [5, 5.41) is 11.1. The van der Waals surface area contributed by atoms with E-state index in [4.69, 9.17) is 9.84 Å². The number of carbonyl (C=O) groups excluding carboxylic acids is 1. The average Bonchev–Trinajstić information content (AvgIpc) is 2.24. The number of aromatic carboxylic acids is 1. The van der Waals surface area contributed by atoms with Gasteiger partial charge in [-0.25, -0.2) is 18.4 Å². The monoisotopic (exact) mass is 301 g/mol. The maximum absolute atomic E-state index is 13.4. The molecule has 2 N–H and O–H groups in total. The number of halogens is 2. The average molecular weight is 301 g/mol. The summed E-state index contributed by atoms with van der Waals surface area (Å²) >= 11 is 0. The van der Waals surface area contributed by atoms with Gasteiger partial charge in [-0.3, -0.25) is 0 Å². The maximum Gasteiger partial charge on any atom is 0.407 e. The van der Waals surface area contributed by atoms with Gasteiger partial charge in [0.05, 0.1) is 0 Å².